The Hall–Kier alpha value is -2.74. The van der Waals surface area contributed by atoms with Crippen molar-refractivity contribution in [1.82, 2.24) is 9.97 Å². The van der Waals surface area contributed by atoms with Gasteiger partial charge in [0.15, 0.2) is 0 Å². The van der Waals surface area contributed by atoms with Crippen LogP contribution in [0.2, 0.25) is 0 Å². The van der Waals surface area contributed by atoms with Crippen LogP contribution in [0.3, 0.4) is 0 Å². The molecule has 0 unspecified atom stereocenters. The monoisotopic (exact) mass is 498 g/mol. The van der Waals surface area contributed by atoms with E-state index in [1.807, 2.05) is 33.2 Å². The average molecular weight is 499 g/mol. The van der Waals surface area contributed by atoms with Crippen LogP contribution in [0.4, 0.5) is 0 Å². The topological polar surface area (TPSA) is 25.8 Å². The van der Waals surface area contributed by atoms with Crippen LogP contribution >= 0.6 is 0 Å². The van der Waals surface area contributed by atoms with Gasteiger partial charge in [-0.15, -0.1) is 0 Å². The van der Waals surface area contributed by atoms with Gasteiger partial charge in [0.2, 0.25) is 0 Å². The maximum Gasteiger partial charge on any atom is 0.125 e. The summed E-state index contributed by atoms with van der Waals surface area (Å²) >= 11 is 0. The number of aryl methyl sites for hydroxylation is 2. The van der Waals surface area contributed by atoms with Crippen molar-refractivity contribution in [3.63, 3.8) is 0 Å². The van der Waals surface area contributed by atoms with E-state index in [1.54, 1.807) is 5.56 Å². The Morgan fingerprint density at radius 3 is 1.97 bits per heavy atom. The first-order chi connectivity index (χ1) is 17.8. The quantitative estimate of drug-likeness (QED) is 0.338. The normalized spacial score (nSPS) is 14.6. The zero-order chi connectivity index (χ0) is 27.4. The number of benzene rings is 2. The Bertz CT molecular complexity index is 1100. The van der Waals surface area contributed by atoms with Crippen molar-refractivity contribution in [3.8, 4) is 11.1 Å². The standard InChI is InChI=1S/C15H20.C14H14N2.C4H10.C2H6/c1-5-15(8-9-15)14-7-6-13(11(2)3)10-12(14)4;1-10-15-8-14(9-16-10)13-4-2-3-12(7-13)11-5-6-11;1-3-4-2;1-2/h6-7,10H,2,5,8-9H2,1,3-4H3;2-4,7-9,11H,5-6H2,1H3;3-4H2,1-2H3;1-2H3. The van der Waals surface area contributed by atoms with E-state index >= 15 is 0 Å². The van der Waals surface area contributed by atoms with Gasteiger partial charge in [-0.1, -0.05) is 102 Å². The number of nitrogens with zero attached hydrogens (tertiary/aromatic N) is 2. The van der Waals surface area contributed by atoms with Crippen LogP contribution in [0.25, 0.3) is 16.7 Å². The first-order valence-electron chi connectivity index (χ1n) is 14.5. The van der Waals surface area contributed by atoms with Crippen molar-refractivity contribution in [3.05, 3.63) is 89.5 Å². The minimum absolute atomic E-state index is 0.525. The van der Waals surface area contributed by atoms with Crippen molar-refractivity contribution < 1.29 is 0 Å². The zero-order valence-electron chi connectivity index (χ0n) is 24.8. The van der Waals surface area contributed by atoms with Crippen LogP contribution in [0, 0.1) is 13.8 Å². The summed E-state index contributed by atoms with van der Waals surface area (Å²) in [6.45, 7) is 20.9. The molecule has 0 radical (unpaired) electrons. The average Bonchev–Trinajstić information content (AvgIpc) is 3.85. The molecular weight excluding hydrogens is 448 g/mol. The van der Waals surface area contributed by atoms with E-state index in [0.717, 1.165) is 22.9 Å². The first kappa shape index (κ1) is 30.5. The summed E-state index contributed by atoms with van der Waals surface area (Å²) in [5.74, 6) is 1.62. The van der Waals surface area contributed by atoms with Crippen LogP contribution in [-0.4, -0.2) is 9.97 Å². The van der Waals surface area contributed by atoms with Crippen LogP contribution < -0.4 is 0 Å². The number of allylic oxidation sites excluding steroid dienone is 1. The summed E-state index contributed by atoms with van der Waals surface area (Å²) in [6, 6.07) is 15.6. The van der Waals surface area contributed by atoms with Crippen LogP contribution in [0.1, 0.15) is 120 Å². The molecule has 1 aromatic heterocycles. The third-order valence-corrected chi connectivity index (χ3v) is 7.37. The summed E-state index contributed by atoms with van der Waals surface area (Å²) in [5, 5.41) is 0. The SMILES string of the molecule is C=C(C)c1ccc(C2(CC)CC2)c(C)c1.CC.CCCC.Cc1ncc(-c2cccc(C3CC3)c2)cn1. The first-order valence-corrected chi connectivity index (χ1v) is 14.5. The summed E-state index contributed by atoms with van der Waals surface area (Å²) in [7, 11) is 0. The second kappa shape index (κ2) is 14.9. The Labute approximate surface area is 227 Å². The highest BCUT2D eigenvalue weighted by molar-refractivity contribution is 5.63. The highest BCUT2D eigenvalue weighted by atomic mass is 14.8. The number of aromatic nitrogens is 2. The Morgan fingerprint density at radius 2 is 1.51 bits per heavy atom. The number of hydrogen-bond acceptors (Lipinski definition) is 2. The smallest absolute Gasteiger partial charge is 0.125 e. The molecule has 2 aromatic carbocycles. The molecule has 0 aliphatic heterocycles. The third-order valence-electron chi connectivity index (χ3n) is 7.37. The van der Waals surface area contributed by atoms with Gasteiger partial charge in [0.1, 0.15) is 5.82 Å². The minimum Gasteiger partial charge on any atom is -0.241 e. The molecule has 0 spiro atoms. The fourth-order valence-electron chi connectivity index (χ4n) is 4.42. The lowest BCUT2D eigenvalue weighted by molar-refractivity contribution is 0.659. The van der Waals surface area contributed by atoms with Gasteiger partial charge in [-0.2, -0.15) is 0 Å². The van der Waals surface area contributed by atoms with Crippen molar-refractivity contribution in [2.75, 3.05) is 0 Å². The van der Waals surface area contributed by atoms with E-state index in [2.05, 4.69) is 93.6 Å². The van der Waals surface area contributed by atoms with Gasteiger partial charge in [-0.3, -0.25) is 0 Å². The zero-order valence-corrected chi connectivity index (χ0v) is 24.8. The van der Waals surface area contributed by atoms with Gasteiger partial charge in [0, 0.05) is 18.0 Å². The molecule has 0 saturated heterocycles. The van der Waals surface area contributed by atoms with Crippen LogP contribution in [0.15, 0.2) is 61.4 Å². The second-order valence-corrected chi connectivity index (χ2v) is 10.4. The van der Waals surface area contributed by atoms with Crippen molar-refractivity contribution >= 4 is 5.57 Å². The molecule has 2 saturated carbocycles. The Morgan fingerprint density at radius 1 is 0.892 bits per heavy atom. The molecule has 0 bridgehead atoms. The van der Waals surface area contributed by atoms with Gasteiger partial charge < -0.3 is 0 Å². The fourth-order valence-corrected chi connectivity index (χ4v) is 4.42. The molecule has 3 aromatic rings. The van der Waals surface area contributed by atoms with E-state index in [9.17, 15) is 0 Å². The molecule has 2 aliphatic carbocycles. The van der Waals surface area contributed by atoms with Gasteiger partial charge in [0.05, 0.1) is 0 Å². The maximum atomic E-state index is 4.23. The van der Waals surface area contributed by atoms with E-state index in [4.69, 9.17) is 0 Å². The predicted molar refractivity (Wildman–Crippen MR) is 163 cm³/mol. The molecule has 0 amide bonds. The summed E-state index contributed by atoms with van der Waals surface area (Å²) in [4.78, 5) is 8.47. The fraction of sp³-hybridized carbons (Fsp3) is 0.486. The summed E-state index contributed by atoms with van der Waals surface area (Å²) < 4.78 is 0. The van der Waals surface area contributed by atoms with Gasteiger partial charge in [-0.05, 0) is 92.0 Å². The Kier molecular flexibility index (Phi) is 12.2. The van der Waals surface area contributed by atoms with E-state index in [0.29, 0.717) is 5.41 Å². The molecular formula is C35H50N2. The van der Waals surface area contributed by atoms with Crippen LogP contribution in [-0.2, 0) is 5.41 Å². The predicted octanol–water partition coefficient (Wildman–Crippen LogP) is 10.6. The second-order valence-electron chi connectivity index (χ2n) is 10.4. The molecule has 0 atom stereocenters. The number of rotatable bonds is 6. The number of hydrogen-bond donors (Lipinski definition) is 0. The molecule has 2 aliphatic rings. The van der Waals surface area contributed by atoms with Gasteiger partial charge >= 0.3 is 0 Å². The van der Waals surface area contributed by atoms with E-state index < -0.39 is 0 Å². The number of unbranched alkanes of at least 4 members (excludes halogenated alkanes) is 1. The molecule has 1 heterocycles. The van der Waals surface area contributed by atoms with Crippen LogP contribution in [0.5, 0.6) is 0 Å². The lowest BCUT2D eigenvalue weighted by atomic mass is 9.88. The van der Waals surface area contributed by atoms with E-state index in [-0.39, 0.29) is 0 Å². The Balaban J connectivity index is 0.000000216. The minimum atomic E-state index is 0.525. The molecule has 2 heteroatoms. The molecule has 200 valence electrons. The van der Waals surface area contributed by atoms with Gasteiger partial charge in [-0.25, -0.2) is 9.97 Å². The molecule has 2 nitrogen and oxygen atoms in total. The highest BCUT2D eigenvalue weighted by Crippen LogP contribution is 2.52. The van der Waals surface area contributed by atoms with E-state index in [1.165, 1.54) is 67.2 Å². The molecule has 0 N–H and O–H groups in total. The molecule has 5 rings (SSSR count). The van der Waals surface area contributed by atoms with Gasteiger partial charge in [0.25, 0.3) is 0 Å². The maximum absolute atomic E-state index is 4.23. The molecule has 37 heavy (non-hydrogen) atoms. The van der Waals surface area contributed by atoms with Crippen molar-refractivity contribution in [2.24, 2.45) is 0 Å². The lowest BCUT2D eigenvalue weighted by Gasteiger charge is -2.17. The summed E-state index contributed by atoms with van der Waals surface area (Å²) in [6.07, 6.45) is 13.1. The molecule has 2 fully saturated rings. The highest BCUT2D eigenvalue weighted by Gasteiger charge is 2.43. The third kappa shape index (κ3) is 8.95. The lowest BCUT2D eigenvalue weighted by Crippen LogP contribution is -2.06. The van der Waals surface area contributed by atoms with Crippen molar-refractivity contribution in [1.29, 1.82) is 0 Å². The van der Waals surface area contributed by atoms with Crippen molar-refractivity contribution in [2.45, 2.75) is 112 Å². The summed E-state index contributed by atoms with van der Waals surface area (Å²) in [5.41, 5.74) is 9.76. The largest absolute Gasteiger partial charge is 0.241 e.